The number of hydrogen-bond acceptors (Lipinski definition) is 3. The molecule has 5 heteroatoms. The van der Waals surface area contributed by atoms with E-state index < -0.39 is 7.12 Å². The van der Waals surface area contributed by atoms with Crippen molar-refractivity contribution in [1.82, 2.24) is 5.32 Å². The van der Waals surface area contributed by atoms with Crippen LogP contribution in [0.4, 0.5) is 0 Å². The van der Waals surface area contributed by atoms with Crippen LogP contribution in [0.15, 0.2) is 30.3 Å². The molecular formula is C13H18BNO3. The molecular weight excluding hydrogens is 229 g/mol. The summed E-state index contributed by atoms with van der Waals surface area (Å²) in [4.78, 5) is 10.5. The third-order valence-electron chi connectivity index (χ3n) is 3.53. The number of hydrogen-bond donors (Lipinski definition) is 2. The first-order chi connectivity index (χ1) is 8.76. The maximum Gasteiger partial charge on any atom is 0.478 e. The van der Waals surface area contributed by atoms with Crippen LogP contribution in [0.25, 0.3) is 0 Å². The van der Waals surface area contributed by atoms with Crippen molar-refractivity contribution in [2.45, 2.75) is 37.7 Å². The highest BCUT2D eigenvalue weighted by Crippen LogP contribution is 2.33. The first-order valence-corrected chi connectivity index (χ1v) is 6.34. The monoisotopic (exact) mass is 247 g/mol. The van der Waals surface area contributed by atoms with Gasteiger partial charge in [0.15, 0.2) is 0 Å². The van der Waals surface area contributed by atoms with Crippen molar-refractivity contribution >= 4 is 13.5 Å². The molecule has 96 valence electrons. The van der Waals surface area contributed by atoms with E-state index in [9.17, 15) is 9.82 Å². The van der Waals surface area contributed by atoms with Crippen molar-refractivity contribution in [2.24, 2.45) is 0 Å². The Hall–Kier alpha value is -1.33. The van der Waals surface area contributed by atoms with Crippen LogP contribution in [0, 0.1) is 0 Å². The van der Waals surface area contributed by atoms with Gasteiger partial charge >= 0.3 is 7.12 Å². The second kappa shape index (κ2) is 6.02. The molecule has 0 aromatic heterocycles. The molecule has 1 aliphatic heterocycles. The van der Waals surface area contributed by atoms with Gasteiger partial charge in [0.25, 0.3) is 0 Å². The summed E-state index contributed by atoms with van der Waals surface area (Å²) in [6, 6.07) is 10.1. The number of nitrogens with one attached hydrogen (secondary N) is 1. The Balaban J connectivity index is 2.18. The van der Waals surface area contributed by atoms with E-state index in [4.69, 9.17) is 4.65 Å². The number of benzene rings is 1. The highest BCUT2D eigenvalue weighted by Gasteiger charge is 2.40. The number of rotatable bonds is 4. The second-order valence-electron chi connectivity index (χ2n) is 4.62. The predicted molar refractivity (Wildman–Crippen MR) is 69.9 cm³/mol. The summed E-state index contributed by atoms with van der Waals surface area (Å²) in [5, 5.41) is 12.4. The minimum atomic E-state index is -0.917. The normalized spacial score (nSPS) is 27.9. The largest absolute Gasteiger partial charge is 0.478 e. The van der Waals surface area contributed by atoms with Crippen LogP contribution in [0.3, 0.4) is 0 Å². The van der Waals surface area contributed by atoms with E-state index in [1.165, 1.54) is 5.56 Å². The lowest BCUT2D eigenvalue weighted by molar-refractivity contribution is -0.110. The summed E-state index contributed by atoms with van der Waals surface area (Å²) in [6.07, 6.45) is 2.14. The molecule has 0 radical (unpaired) electrons. The highest BCUT2D eigenvalue weighted by atomic mass is 16.5. The average molecular weight is 247 g/mol. The number of amides is 1. The maximum absolute atomic E-state index is 10.5. The molecule has 1 aromatic carbocycles. The van der Waals surface area contributed by atoms with Gasteiger partial charge in [0.1, 0.15) is 0 Å². The molecule has 4 nitrogen and oxygen atoms in total. The van der Waals surface area contributed by atoms with Crippen molar-refractivity contribution in [3.8, 4) is 0 Å². The zero-order chi connectivity index (χ0) is 13.0. The van der Waals surface area contributed by atoms with E-state index in [2.05, 4.69) is 17.4 Å². The van der Waals surface area contributed by atoms with Gasteiger partial charge < -0.3 is 15.0 Å². The van der Waals surface area contributed by atoms with E-state index in [-0.39, 0.29) is 18.0 Å². The smallest absolute Gasteiger partial charge is 0.426 e. The van der Waals surface area contributed by atoms with Gasteiger partial charge in [0.05, 0.1) is 5.94 Å². The molecule has 0 bridgehead atoms. The summed E-state index contributed by atoms with van der Waals surface area (Å²) in [6.45, 7) is 2.04. The lowest BCUT2D eigenvalue weighted by Gasteiger charge is -2.37. The summed E-state index contributed by atoms with van der Waals surface area (Å²) >= 11 is 0. The van der Waals surface area contributed by atoms with Crippen molar-refractivity contribution in [2.75, 3.05) is 0 Å². The zero-order valence-electron chi connectivity index (χ0n) is 10.5. The van der Waals surface area contributed by atoms with E-state index >= 15 is 0 Å². The second-order valence-corrected chi connectivity index (χ2v) is 4.62. The van der Waals surface area contributed by atoms with Crippen molar-refractivity contribution in [3.05, 3.63) is 35.9 Å². The molecule has 1 saturated heterocycles. The minimum absolute atomic E-state index is 0.00731. The fourth-order valence-corrected chi connectivity index (χ4v) is 2.58. The third-order valence-corrected chi connectivity index (χ3v) is 3.53. The van der Waals surface area contributed by atoms with Gasteiger partial charge in [0, 0.05) is 12.0 Å². The van der Waals surface area contributed by atoms with Gasteiger partial charge in [-0.15, -0.1) is 0 Å². The summed E-state index contributed by atoms with van der Waals surface area (Å²) < 4.78 is 5.60. The van der Waals surface area contributed by atoms with Crippen molar-refractivity contribution in [3.63, 3.8) is 0 Å². The molecule has 2 rings (SSSR count). The topological polar surface area (TPSA) is 58.6 Å². The van der Waals surface area contributed by atoms with Gasteiger partial charge in [0.2, 0.25) is 6.41 Å². The highest BCUT2D eigenvalue weighted by molar-refractivity contribution is 6.45. The van der Waals surface area contributed by atoms with Crippen LogP contribution in [0.1, 0.15) is 31.2 Å². The number of carbonyl (C=O) groups is 1. The van der Waals surface area contributed by atoms with Crippen LogP contribution in [0.5, 0.6) is 0 Å². The Kier molecular flexibility index (Phi) is 4.39. The molecule has 1 aromatic rings. The zero-order valence-corrected chi connectivity index (χ0v) is 10.5. The average Bonchev–Trinajstić information content (AvgIpc) is 2.42. The van der Waals surface area contributed by atoms with Crippen LogP contribution in [-0.2, 0) is 9.45 Å². The molecule has 18 heavy (non-hydrogen) atoms. The Labute approximate surface area is 107 Å². The van der Waals surface area contributed by atoms with Crippen LogP contribution in [-0.4, -0.2) is 30.6 Å². The molecule has 1 aliphatic rings. The van der Waals surface area contributed by atoms with Crippen molar-refractivity contribution in [1.29, 1.82) is 0 Å². The quantitative estimate of drug-likeness (QED) is 0.618. The first kappa shape index (κ1) is 13.1. The van der Waals surface area contributed by atoms with E-state index in [1.54, 1.807) is 0 Å². The molecule has 0 aliphatic carbocycles. The van der Waals surface area contributed by atoms with Crippen molar-refractivity contribution < 1.29 is 14.5 Å². The summed E-state index contributed by atoms with van der Waals surface area (Å²) in [5.74, 6) is -0.132. The van der Waals surface area contributed by atoms with Gasteiger partial charge in [-0.3, -0.25) is 4.79 Å². The lowest BCUT2D eigenvalue weighted by Crippen LogP contribution is -2.53. The summed E-state index contributed by atoms with van der Waals surface area (Å²) in [7, 11) is -0.917. The standard InChI is InChI=1S/C13H18BNO3/c1-2-12-11(10-6-4-3-5-7-10)8-13(15-9-16)14(17)18-12/h3-7,9,11-13,17H,2,8H2,1H3,(H,15,16). The van der Waals surface area contributed by atoms with Gasteiger partial charge in [-0.1, -0.05) is 37.3 Å². The Morgan fingerprint density at radius 3 is 2.83 bits per heavy atom. The predicted octanol–water partition coefficient (Wildman–Crippen LogP) is 1.10. The molecule has 1 heterocycles. The lowest BCUT2D eigenvalue weighted by atomic mass is 9.67. The SMILES string of the molecule is CCC1OB(O)C(NC=O)CC1c1ccccc1. The first-order valence-electron chi connectivity index (χ1n) is 6.34. The van der Waals surface area contributed by atoms with E-state index in [1.807, 2.05) is 25.1 Å². The fraction of sp³-hybridized carbons (Fsp3) is 0.462. The van der Waals surface area contributed by atoms with Crippen LogP contribution < -0.4 is 5.32 Å². The fourth-order valence-electron chi connectivity index (χ4n) is 2.58. The van der Waals surface area contributed by atoms with Crippen LogP contribution >= 0.6 is 0 Å². The minimum Gasteiger partial charge on any atom is -0.426 e. The van der Waals surface area contributed by atoms with Crippen LogP contribution in [0.2, 0.25) is 0 Å². The molecule has 0 spiro atoms. The van der Waals surface area contributed by atoms with E-state index in [0.717, 1.165) is 6.42 Å². The maximum atomic E-state index is 10.5. The molecule has 0 saturated carbocycles. The third kappa shape index (κ3) is 2.74. The van der Waals surface area contributed by atoms with E-state index in [0.29, 0.717) is 12.8 Å². The summed E-state index contributed by atoms with van der Waals surface area (Å²) in [5.41, 5.74) is 1.19. The molecule has 1 fully saturated rings. The molecule has 2 N–H and O–H groups in total. The Morgan fingerprint density at radius 2 is 2.22 bits per heavy atom. The molecule has 3 unspecified atom stereocenters. The van der Waals surface area contributed by atoms with Gasteiger partial charge in [-0.2, -0.15) is 0 Å². The van der Waals surface area contributed by atoms with Gasteiger partial charge in [-0.25, -0.2) is 0 Å². The Bertz CT molecular complexity index is 387. The number of carbonyl (C=O) groups excluding carboxylic acids is 1. The molecule has 3 atom stereocenters. The molecule has 1 amide bonds. The van der Waals surface area contributed by atoms with Gasteiger partial charge in [-0.05, 0) is 18.4 Å². The Morgan fingerprint density at radius 1 is 1.50 bits per heavy atom.